The third-order valence-corrected chi connectivity index (χ3v) is 2.47. The Kier molecular flexibility index (Phi) is 3.94. The summed E-state index contributed by atoms with van der Waals surface area (Å²) in [6.07, 6.45) is 0. The van der Waals surface area contributed by atoms with Crippen molar-refractivity contribution in [1.29, 1.82) is 0 Å². The van der Waals surface area contributed by atoms with Crippen molar-refractivity contribution in [1.82, 2.24) is 5.48 Å². The molecule has 92 valence electrons. The van der Waals surface area contributed by atoms with E-state index in [4.69, 9.17) is 9.94 Å². The summed E-state index contributed by atoms with van der Waals surface area (Å²) in [5, 5.41) is 8.64. The van der Waals surface area contributed by atoms with Gasteiger partial charge in [0.25, 0.3) is 5.91 Å². The van der Waals surface area contributed by atoms with Gasteiger partial charge in [-0.3, -0.25) is 10.0 Å². The number of ether oxygens (including phenoxy) is 1. The molecule has 0 spiro atoms. The van der Waals surface area contributed by atoms with Gasteiger partial charge in [-0.1, -0.05) is 42.5 Å². The SMILES string of the molecule is O=C(NO)c1ccccc1OCc1ccccc1. The van der Waals surface area contributed by atoms with Gasteiger partial charge in [-0.2, -0.15) is 0 Å². The first-order valence-electron chi connectivity index (χ1n) is 5.51. The molecule has 0 fully saturated rings. The van der Waals surface area contributed by atoms with Crippen molar-refractivity contribution < 1.29 is 14.7 Å². The van der Waals surface area contributed by atoms with Crippen LogP contribution in [0, 0.1) is 0 Å². The maximum atomic E-state index is 11.4. The number of rotatable bonds is 4. The van der Waals surface area contributed by atoms with Gasteiger partial charge in [0.15, 0.2) is 0 Å². The quantitative estimate of drug-likeness (QED) is 0.640. The fourth-order valence-electron chi connectivity index (χ4n) is 1.58. The number of hydrogen-bond acceptors (Lipinski definition) is 3. The van der Waals surface area contributed by atoms with Gasteiger partial charge in [-0.05, 0) is 17.7 Å². The molecule has 0 atom stereocenters. The van der Waals surface area contributed by atoms with E-state index in [1.165, 1.54) is 0 Å². The molecule has 2 aromatic carbocycles. The van der Waals surface area contributed by atoms with Crippen LogP contribution in [0.25, 0.3) is 0 Å². The molecule has 4 nitrogen and oxygen atoms in total. The molecule has 0 aliphatic carbocycles. The summed E-state index contributed by atoms with van der Waals surface area (Å²) in [5.74, 6) is -0.147. The Balaban J connectivity index is 2.12. The van der Waals surface area contributed by atoms with Gasteiger partial charge in [-0.25, -0.2) is 5.48 Å². The lowest BCUT2D eigenvalue weighted by atomic mass is 10.2. The lowest BCUT2D eigenvalue weighted by Crippen LogP contribution is -2.19. The van der Waals surface area contributed by atoms with Gasteiger partial charge < -0.3 is 4.74 Å². The van der Waals surface area contributed by atoms with Crippen molar-refractivity contribution in [3.8, 4) is 5.75 Å². The highest BCUT2D eigenvalue weighted by atomic mass is 16.5. The first kappa shape index (κ1) is 12.1. The minimum atomic E-state index is -0.585. The molecular weight excluding hydrogens is 230 g/mol. The predicted molar refractivity (Wildman–Crippen MR) is 66.5 cm³/mol. The van der Waals surface area contributed by atoms with E-state index in [1.54, 1.807) is 29.7 Å². The van der Waals surface area contributed by atoms with Crippen LogP contribution in [0.3, 0.4) is 0 Å². The molecule has 2 rings (SSSR count). The summed E-state index contributed by atoms with van der Waals surface area (Å²) in [6.45, 7) is 0.372. The highest BCUT2D eigenvalue weighted by Crippen LogP contribution is 2.19. The van der Waals surface area contributed by atoms with Crippen molar-refractivity contribution in [2.24, 2.45) is 0 Å². The van der Waals surface area contributed by atoms with Crippen molar-refractivity contribution in [2.75, 3.05) is 0 Å². The zero-order valence-corrected chi connectivity index (χ0v) is 9.67. The smallest absolute Gasteiger partial charge is 0.278 e. The molecule has 0 radical (unpaired) electrons. The largest absolute Gasteiger partial charge is 0.488 e. The van der Waals surface area contributed by atoms with Gasteiger partial charge in [0, 0.05) is 0 Å². The standard InChI is InChI=1S/C14H13NO3/c16-14(15-17)12-8-4-5-9-13(12)18-10-11-6-2-1-3-7-11/h1-9,17H,10H2,(H,15,16). The number of carbonyl (C=O) groups excluding carboxylic acids is 1. The number of amides is 1. The Morgan fingerprint density at radius 3 is 2.44 bits per heavy atom. The van der Waals surface area contributed by atoms with Crippen LogP contribution >= 0.6 is 0 Å². The van der Waals surface area contributed by atoms with Crippen LogP contribution in [-0.4, -0.2) is 11.1 Å². The molecule has 1 amide bonds. The van der Waals surface area contributed by atoms with Crippen molar-refractivity contribution in [3.63, 3.8) is 0 Å². The Morgan fingerprint density at radius 1 is 1.06 bits per heavy atom. The molecule has 2 N–H and O–H groups in total. The third-order valence-electron chi connectivity index (χ3n) is 2.47. The summed E-state index contributed by atoms with van der Waals surface area (Å²) in [6, 6.07) is 16.4. The van der Waals surface area contributed by atoms with E-state index in [2.05, 4.69) is 0 Å². The molecule has 0 saturated carbocycles. The van der Waals surface area contributed by atoms with Crippen LogP contribution in [0.1, 0.15) is 15.9 Å². The van der Waals surface area contributed by atoms with Gasteiger partial charge in [0.05, 0.1) is 5.56 Å². The molecule has 0 aliphatic rings. The maximum absolute atomic E-state index is 11.4. The van der Waals surface area contributed by atoms with Crippen LogP contribution in [0.5, 0.6) is 5.75 Å². The average Bonchev–Trinajstić information content (AvgIpc) is 2.45. The Labute approximate surface area is 105 Å². The van der Waals surface area contributed by atoms with E-state index in [-0.39, 0.29) is 0 Å². The Morgan fingerprint density at radius 2 is 1.72 bits per heavy atom. The third kappa shape index (κ3) is 2.87. The monoisotopic (exact) mass is 243 g/mol. The van der Waals surface area contributed by atoms with Gasteiger partial charge in [0.2, 0.25) is 0 Å². The minimum absolute atomic E-state index is 0.302. The zero-order chi connectivity index (χ0) is 12.8. The molecular formula is C14H13NO3. The summed E-state index contributed by atoms with van der Waals surface area (Å²) in [4.78, 5) is 11.4. The van der Waals surface area contributed by atoms with Crippen LogP contribution in [0.15, 0.2) is 54.6 Å². The predicted octanol–water partition coefficient (Wildman–Crippen LogP) is 2.38. The fraction of sp³-hybridized carbons (Fsp3) is 0.0714. The number of nitrogens with one attached hydrogen (secondary N) is 1. The second kappa shape index (κ2) is 5.84. The second-order valence-corrected chi connectivity index (χ2v) is 3.71. The molecule has 0 bridgehead atoms. The molecule has 0 aliphatic heterocycles. The molecule has 0 saturated heterocycles. The fourth-order valence-corrected chi connectivity index (χ4v) is 1.58. The number of carbonyl (C=O) groups is 1. The van der Waals surface area contributed by atoms with Crippen LogP contribution in [0.2, 0.25) is 0 Å². The zero-order valence-electron chi connectivity index (χ0n) is 9.67. The molecule has 18 heavy (non-hydrogen) atoms. The summed E-state index contributed by atoms with van der Waals surface area (Å²) >= 11 is 0. The molecule has 0 heterocycles. The van der Waals surface area contributed by atoms with Crippen LogP contribution in [0.4, 0.5) is 0 Å². The van der Waals surface area contributed by atoms with E-state index >= 15 is 0 Å². The van der Waals surface area contributed by atoms with Crippen LogP contribution < -0.4 is 10.2 Å². The van der Waals surface area contributed by atoms with Crippen molar-refractivity contribution >= 4 is 5.91 Å². The number of hydroxylamine groups is 1. The Hall–Kier alpha value is -2.33. The summed E-state index contributed by atoms with van der Waals surface area (Å²) < 4.78 is 5.57. The minimum Gasteiger partial charge on any atom is -0.488 e. The lowest BCUT2D eigenvalue weighted by molar-refractivity contribution is 0.0701. The molecule has 2 aromatic rings. The molecule has 0 aromatic heterocycles. The first-order chi connectivity index (χ1) is 8.81. The van der Waals surface area contributed by atoms with Gasteiger partial charge in [-0.15, -0.1) is 0 Å². The van der Waals surface area contributed by atoms with E-state index in [9.17, 15) is 4.79 Å². The highest BCUT2D eigenvalue weighted by Gasteiger charge is 2.10. The van der Waals surface area contributed by atoms with Crippen molar-refractivity contribution in [3.05, 3.63) is 65.7 Å². The summed E-state index contributed by atoms with van der Waals surface area (Å²) in [5.41, 5.74) is 2.91. The number of para-hydroxylation sites is 1. The Bertz CT molecular complexity index is 526. The maximum Gasteiger partial charge on any atom is 0.278 e. The summed E-state index contributed by atoms with van der Waals surface area (Å²) in [7, 11) is 0. The highest BCUT2D eigenvalue weighted by molar-refractivity contribution is 5.96. The van der Waals surface area contributed by atoms with Crippen molar-refractivity contribution in [2.45, 2.75) is 6.61 Å². The van der Waals surface area contributed by atoms with E-state index in [1.807, 2.05) is 30.3 Å². The van der Waals surface area contributed by atoms with E-state index in [0.717, 1.165) is 5.56 Å². The average molecular weight is 243 g/mol. The second-order valence-electron chi connectivity index (χ2n) is 3.71. The first-order valence-corrected chi connectivity index (χ1v) is 5.51. The van der Waals surface area contributed by atoms with Crippen LogP contribution in [-0.2, 0) is 6.61 Å². The lowest BCUT2D eigenvalue weighted by Gasteiger charge is -2.10. The molecule has 4 heteroatoms. The topological polar surface area (TPSA) is 58.6 Å². The van der Waals surface area contributed by atoms with Gasteiger partial charge in [0.1, 0.15) is 12.4 Å². The molecule has 0 unspecified atom stereocenters. The number of benzene rings is 2. The normalized spacial score (nSPS) is 9.83. The number of hydrogen-bond donors (Lipinski definition) is 2. The van der Waals surface area contributed by atoms with Gasteiger partial charge >= 0.3 is 0 Å². The van der Waals surface area contributed by atoms with E-state index in [0.29, 0.717) is 17.9 Å². The van der Waals surface area contributed by atoms with E-state index < -0.39 is 5.91 Å².